The highest BCUT2D eigenvalue weighted by atomic mass is 35.5. The number of H-pyrrole nitrogens is 1. The van der Waals surface area contributed by atoms with E-state index in [0.29, 0.717) is 16.7 Å². The molecule has 0 unspecified atom stereocenters. The van der Waals surface area contributed by atoms with Crippen LogP contribution in [0, 0.1) is 0 Å². The summed E-state index contributed by atoms with van der Waals surface area (Å²) in [5.74, 6) is 0.620. The number of halogens is 3. The minimum Gasteiger partial charge on any atom is -0.497 e. The Labute approximate surface area is 103 Å². The van der Waals surface area contributed by atoms with Crippen molar-refractivity contribution in [1.29, 1.82) is 0 Å². The lowest BCUT2D eigenvalue weighted by atomic mass is 10.1. The van der Waals surface area contributed by atoms with Crippen molar-refractivity contribution in [2.75, 3.05) is 7.11 Å². The van der Waals surface area contributed by atoms with E-state index in [1.165, 1.54) is 13.3 Å². The predicted octanol–water partition coefficient (Wildman–Crippen LogP) is 2.86. The fraction of sp³-hybridized carbons (Fsp3) is 0.273. The molecule has 0 aliphatic rings. The Morgan fingerprint density at radius 2 is 2.06 bits per heavy atom. The molecule has 3 nitrogen and oxygen atoms in total. The Morgan fingerprint density at radius 3 is 2.65 bits per heavy atom. The molecular formula is C11H13ClF2N2O. The fourth-order valence-electron chi connectivity index (χ4n) is 1.66. The lowest BCUT2D eigenvalue weighted by Gasteiger charge is -2.09. The predicted molar refractivity (Wildman–Crippen MR) is 65.0 cm³/mol. The summed E-state index contributed by atoms with van der Waals surface area (Å²) in [5, 5.41) is 0.673. The smallest absolute Gasteiger partial charge is 0.257 e. The molecule has 0 spiro atoms. The summed E-state index contributed by atoms with van der Waals surface area (Å²) in [5.41, 5.74) is 6.61. The van der Waals surface area contributed by atoms with Gasteiger partial charge in [0.05, 0.1) is 13.2 Å². The molecule has 6 heteroatoms. The van der Waals surface area contributed by atoms with Crippen LogP contribution in [0.2, 0.25) is 0 Å². The van der Waals surface area contributed by atoms with Gasteiger partial charge in [-0.3, -0.25) is 0 Å². The van der Waals surface area contributed by atoms with E-state index in [0.717, 1.165) is 5.52 Å². The zero-order valence-corrected chi connectivity index (χ0v) is 9.93. The molecule has 0 fully saturated rings. The first-order valence-electron chi connectivity index (χ1n) is 4.82. The summed E-state index contributed by atoms with van der Waals surface area (Å²) >= 11 is 0. The maximum Gasteiger partial charge on any atom is 0.257 e. The van der Waals surface area contributed by atoms with Gasteiger partial charge in [-0.1, -0.05) is 0 Å². The summed E-state index contributed by atoms with van der Waals surface area (Å²) in [7, 11) is 1.53. The highest BCUT2D eigenvalue weighted by molar-refractivity contribution is 5.85. The topological polar surface area (TPSA) is 51.0 Å². The molecule has 0 radical (unpaired) electrons. The second-order valence-electron chi connectivity index (χ2n) is 3.52. The van der Waals surface area contributed by atoms with Crippen molar-refractivity contribution in [3.8, 4) is 5.75 Å². The Kier molecular flexibility index (Phi) is 4.31. The summed E-state index contributed by atoms with van der Waals surface area (Å²) < 4.78 is 30.1. The number of rotatable bonds is 3. The quantitative estimate of drug-likeness (QED) is 0.894. The molecular weight excluding hydrogens is 250 g/mol. The number of nitrogens with one attached hydrogen (secondary N) is 1. The SMILES string of the molecule is COc1ccc2[nH]cc([C@H](N)C(F)F)c2c1.Cl. The van der Waals surface area contributed by atoms with Gasteiger partial charge in [0, 0.05) is 22.7 Å². The van der Waals surface area contributed by atoms with E-state index in [4.69, 9.17) is 10.5 Å². The number of hydrogen-bond donors (Lipinski definition) is 2. The van der Waals surface area contributed by atoms with E-state index in [-0.39, 0.29) is 12.4 Å². The second kappa shape index (κ2) is 5.33. The molecule has 2 rings (SSSR count). The van der Waals surface area contributed by atoms with E-state index in [2.05, 4.69) is 4.98 Å². The van der Waals surface area contributed by atoms with Crippen LogP contribution in [0.3, 0.4) is 0 Å². The molecule has 0 aliphatic heterocycles. The van der Waals surface area contributed by atoms with Crippen molar-refractivity contribution in [1.82, 2.24) is 4.98 Å². The van der Waals surface area contributed by atoms with Crippen LogP contribution in [-0.4, -0.2) is 18.5 Å². The van der Waals surface area contributed by atoms with Gasteiger partial charge >= 0.3 is 0 Å². The molecule has 3 N–H and O–H groups in total. The Morgan fingerprint density at radius 1 is 1.35 bits per heavy atom. The van der Waals surface area contributed by atoms with Gasteiger partial charge in [-0.15, -0.1) is 12.4 Å². The van der Waals surface area contributed by atoms with Gasteiger partial charge < -0.3 is 15.5 Å². The zero-order valence-electron chi connectivity index (χ0n) is 9.11. The number of aromatic nitrogens is 1. The number of alkyl halides is 2. The highest BCUT2D eigenvalue weighted by Crippen LogP contribution is 2.29. The van der Waals surface area contributed by atoms with Crippen molar-refractivity contribution in [3.05, 3.63) is 30.0 Å². The van der Waals surface area contributed by atoms with E-state index in [9.17, 15) is 8.78 Å². The third-order valence-corrected chi connectivity index (χ3v) is 2.55. The minimum absolute atomic E-state index is 0. The third-order valence-electron chi connectivity index (χ3n) is 2.55. The highest BCUT2D eigenvalue weighted by Gasteiger charge is 2.20. The van der Waals surface area contributed by atoms with Crippen molar-refractivity contribution >= 4 is 23.3 Å². The van der Waals surface area contributed by atoms with Crippen LogP contribution in [0.25, 0.3) is 10.9 Å². The normalized spacial score (nSPS) is 12.5. The van der Waals surface area contributed by atoms with Crippen LogP contribution in [-0.2, 0) is 0 Å². The summed E-state index contributed by atoms with van der Waals surface area (Å²) in [4.78, 5) is 2.91. The summed E-state index contributed by atoms with van der Waals surface area (Å²) in [6, 6.07) is 3.95. The molecule has 1 heterocycles. The molecule has 1 aromatic heterocycles. The van der Waals surface area contributed by atoms with E-state index >= 15 is 0 Å². The summed E-state index contributed by atoms with van der Waals surface area (Å²) in [6.07, 6.45) is -1.06. The van der Waals surface area contributed by atoms with Crippen molar-refractivity contribution in [2.24, 2.45) is 5.73 Å². The maximum absolute atomic E-state index is 12.5. The molecule has 0 saturated heterocycles. The number of nitrogens with two attached hydrogens (primary N) is 1. The van der Waals surface area contributed by atoms with E-state index in [1.807, 2.05) is 0 Å². The van der Waals surface area contributed by atoms with Crippen LogP contribution in [0.1, 0.15) is 11.6 Å². The van der Waals surface area contributed by atoms with Gasteiger partial charge in [-0.25, -0.2) is 8.78 Å². The average Bonchev–Trinajstić information content (AvgIpc) is 2.70. The van der Waals surface area contributed by atoms with E-state index < -0.39 is 12.5 Å². The zero-order chi connectivity index (χ0) is 11.7. The number of ether oxygens (including phenoxy) is 1. The number of methoxy groups -OCH3 is 1. The number of fused-ring (bicyclic) bond motifs is 1. The van der Waals surface area contributed by atoms with Crippen LogP contribution in [0.15, 0.2) is 24.4 Å². The van der Waals surface area contributed by atoms with Gasteiger partial charge in [0.2, 0.25) is 0 Å². The summed E-state index contributed by atoms with van der Waals surface area (Å²) in [6.45, 7) is 0. The Hall–Kier alpha value is -1.33. The van der Waals surface area contributed by atoms with Crippen molar-refractivity contribution in [2.45, 2.75) is 12.5 Å². The second-order valence-corrected chi connectivity index (χ2v) is 3.52. The molecule has 0 aliphatic carbocycles. The first-order chi connectivity index (χ1) is 7.63. The minimum atomic E-state index is -2.58. The van der Waals surface area contributed by atoms with Crippen LogP contribution >= 0.6 is 12.4 Å². The maximum atomic E-state index is 12.5. The number of aromatic amines is 1. The number of hydrogen-bond acceptors (Lipinski definition) is 2. The fourth-order valence-corrected chi connectivity index (χ4v) is 1.66. The van der Waals surface area contributed by atoms with Gasteiger partial charge in [0.1, 0.15) is 5.75 Å². The standard InChI is InChI=1S/C11H12F2N2O.ClH/c1-16-6-2-3-9-7(4-6)8(5-15-9)10(14)11(12)13;/h2-5,10-11,15H,14H2,1H3;1H/t10-;/m0./s1. The molecule has 2 aromatic rings. The first-order valence-corrected chi connectivity index (χ1v) is 4.82. The molecule has 17 heavy (non-hydrogen) atoms. The van der Waals surface area contributed by atoms with Crippen LogP contribution < -0.4 is 10.5 Å². The largest absolute Gasteiger partial charge is 0.497 e. The lowest BCUT2D eigenvalue weighted by Crippen LogP contribution is -2.18. The lowest BCUT2D eigenvalue weighted by molar-refractivity contribution is 0.117. The van der Waals surface area contributed by atoms with Gasteiger partial charge in [0.15, 0.2) is 0 Å². The molecule has 94 valence electrons. The van der Waals surface area contributed by atoms with Crippen LogP contribution in [0.5, 0.6) is 5.75 Å². The third kappa shape index (κ3) is 2.50. The van der Waals surface area contributed by atoms with Crippen LogP contribution in [0.4, 0.5) is 8.78 Å². The van der Waals surface area contributed by atoms with Crippen molar-refractivity contribution in [3.63, 3.8) is 0 Å². The van der Waals surface area contributed by atoms with E-state index in [1.54, 1.807) is 18.2 Å². The average molecular weight is 263 g/mol. The molecule has 1 aromatic carbocycles. The Balaban J connectivity index is 0.00000144. The first kappa shape index (κ1) is 13.7. The van der Waals surface area contributed by atoms with Gasteiger partial charge in [-0.2, -0.15) is 0 Å². The molecule has 0 bridgehead atoms. The van der Waals surface area contributed by atoms with Gasteiger partial charge in [-0.05, 0) is 18.2 Å². The van der Waals surface area contributed by atoms with Gasteiger partial charge in [0.25, 0.3) is 6.43 Å². The molecule has 0 saturated carbocycles. The van der Waals surface area contributed by atoms with Crippen molar-refractivity contribution < 1.29 is 13.5 Å². The molecule has 0 amide bonds. The molecule has 1 atom stereocenters. The Bertz CT molecular complexity index is 501. The monoisotopic (exact) mass is 262 g/mol. The number of benzene rings is 1.